The van der Waals surface area contributed by atoms with E-state index in [9.17, 15) is 18.0 Å². The Labute approximate surface area is 190 Å². The summed E-state index contributed by atoms with van der Waals surface area (Å²) in [5.74, 6) is -0.566. The number of amides is 2. The van der Waals surface area contributed by atoms with Crippen LogP contribution in [0.15, 0.2) is 68.4 Å². The number of carbonyl (C=O) groups is 2. The predicted octanol–water partition coefficient (Wildman–Crippen LogP) is 4.21. The molecule has 0 heterocycles. The van der Waals surface area contributed by atoms with E-state index in [0.717, 1.165) is 26.6 Å². The Hall–Kier alpha value is -2.43. The van der Waals surface area contributed by atoms with Gasteiger partial charge in [-0.25, -0.2) is 13.1 Å². The minimum atomic E-state index is -3.92. The Balaban J connectivity index is 1.64. The van der Waals surface area contributed by atoms with Gasteiger partial charge in [0.2, 0.25) is 5.91 Å². The standard InChI is InChI=1S/C20H16Br2N2O5S/c1-12(25)24-30(27,28)16-6-4-15(5-7-16)23-19(26)11-29-18-9-2-13-10-14(21)3-8-17(13)20(18)22/h2-10H,11H2,1H3,(H,23,26)(H,24,25). The lowest BCUT2D eigenvalue weighted by molar-refractivity contribution is -0.118. The lowest BCUT2D eigenvalue weighted by Gasteiger charge is -2.11. The first-order valence-electron chi connectivity index (χ1n) is 8.59. The van der Waals surface area contributed by atoms with Gasteiger partial charge in [-0.05, 0) is 69.2 Å². The highest BCUT2D eigenvalue weighted by molar-refractivity contribution is 9.11. The molecular formula is C20H16Br2N2O5S. The van der Waals surface area contributed by atoms with Crippen LogP contribution in [0.25, 0.3) is 10.8 Å². The summed E-state index contributed by atoms with van der Waals surface area (Å²) < 4.78 is 33.1. The molecule has 2 amide bonds. The van der Waals surface area contributed by atoms with E-state index < -0.39 is 21.8 Å². The van der Waals surface area contributed by atoms with Gasteiger partial charge < -0.3 is 10.1 Å². The van der Waals surface area contributed by atoms with Gasteiger partial charge in [0, 0.05) is 17.1 Å². The highest BCUT2D eigenvalue weighted by Gasteiger charge is 2.15. The quantitative estimate of drug-likeness (QED) is 0.474. The van der Waals surface area contributed by atoms with Crippen LogP contribution in [-0.4, -0.2) is 26.8 Å². The van der Waals surface area contributed by atoms with Crippen molar-refractivity contribution in [3.8, 4) is 5.75 Å². The largest absolute Gasteiger partial charge is 0.483 e. The molecule has 30 heavy (non-hydrogen) atoms. The molecule has 3 aromatic carbocycles. The maximum atomic E-state index is 12.2. The average molecular weight is 556 g/mol. The topological polar surface area (TPSA) is 102 Å². The third-order valence-electron chi connectivity index (χ3n) is 3.97. The molecule has 10 heteroatoms. The molecule has 0 bridgehead atoms. The highest BCUT2D eigenvalue weighted by atomic mass is 79.9. The first-order valence-corrected chi connectivity index (χ1v) is 11.7. The number of hydrogen-bond donors (Lipinski definition) is 2. The van der Waals surface area contributed by atoms with Crippen LogP contribution < -0.4 is 14.8 Å². The number of rotatable bonds is 6. The molecule has 156 valence electrons. The summed E-state index contributed by atoms with van der Waals surface area (Å²) in [4.78, 5) is 23.1. The summed E-state index contributed by atoms with van der Waals surface area (Å²) in [7, 11) is -3.92. The summed E-state index contributed by atoms with van der Waals surface area (Å²) in [6, 6.07) is 14.9. The number of hydrogen-bond acceptors (Lipinski definition) is 5. The molecule has 0 aliphatic heterocycles. The number of nitrogens with one attached hydrogen (secondary N) is 2. The maximum Gasteiger partial charge on any atom is 0.264 e. The van der Waals surface area contributed by atoms with Crippen molar-refractivity contribution in [1.29, 1.82) is 0 Å². The van der Waals surface area contributed by atoms with Crippen molar-refractivity contribution in [3.05, 3.63) is 63.5 Å². The average Bonchev–Trinajstić information content (AvgIpc) is 2.67. The SMILES string of the molecule is CC(=O)NS(=O)(=O)c1ccc(NC(=O)COc2ccc3cc(Br)ccc3c2Br)cc1. The van der Waals surface area contributed by atoms with E-state index in [0.29, 0.717) is 11.4 Å². The van der Waals surface area contributed by atoms with E-state index in [4.69, 9.17) is 4.74 Å². The van der Waals surface area contributed by atoms with Crippen LogP contribution in [0.5, 0.6) is 5.75 Å². The van der Waals surface area contributed by atoms with E-state index in [1.165, 1.54) is 24.3 Å². The number of benzene rings is 3. The van der Waals surface area contributed by atoms with Crippen LogP contribution in [0, 0.1) is 0 Å². The fourth-order valence-electron chi connectivity index (χ4n) is 2.66. The van der Waals surface area contributed by atoms with Crippen LogP contribution in [0.2, 0.25) is 0 Å². The van der Waals surface area contributed by atoms with Crippen LogP contribution in [0.4, 0.5) is 5.69 Å². The van der Waals surface area contributed by atoms with E-state index in [1.54, 1.807) is 6.07 Å². The lowest BCUT2D eigenvalue weighted by atomic mass is 10.1. The van der Waals surface area contributed by atoms with Gasteiger partial charge in [0.25, 0.3) is 15.9 Å². The molecule has 0 unspecified atom stereocenters. The number of sulfonamides is 1. The molecule has 0 aromatic heterocycles. The van der Waals surface area contributed by atoms with E-state index in [1.807, 2.05) is 29.0 Å². The normalized spacial score (nSPS) is 11.2. The Morgan fingerprint density at radius 2 is 1.70 bits per heavy atom. The van der Waals surface area contributed by atoms with Gasteiger partial charge in [-0.2, -0.15) is 0 Å². The molecule has 0 atom stereocenters. The van der Waals surface area contributed by atoms with Crippen molar-refractivity contribution in [2.45, 2.75) is 11.8 Å². The smallest absolute Gasteiger partial charge is 0.264 e. The zero-order chi connectivity index (χ0) is 21.9. The lowest BCUT2D eigenvalue weighted by Crippen LogP contribution is -2.28. The molecule has 0 aliphatic carbocycles. The molecule has 0 saturated heterocycles. The number of halogens is 2. The molecule has 0 saturated carbocycles. The molecule has 0 fully saturated rings. The third kappa shape index (κ3) is 5.38. The van der Waals surface area contributed by atoms with Crippen molar-refractivity contribution in [3.63, 3.8) is 0 Å². The highest BCUT2D eigenvalue weighted by Crippen LogP contribution is 2.34. The molecule has 0 radical (unpaired) electrons. The van der Waals surface area contributed by atoms with Crippen LogP contribution >= 0.6 is 31.9 Å². The van der Waals surface area contributed by atoms with Gasteiger partial charge >= 0.3 is 0 Å². The van der Waals surface area contributed by atoms with Crippen molar-refractivity contribution in [1.82, 2.24) is 4.72 Å². The zero-order valence-electron chi connectivity index (χ0n) is 15.6. The monoisotopic (exact) mass is 554 g/mol. The van der Waals surface area contributed by atoms with Crippen LogP contribution in [0.3, 0.4) is 0 Å². The number of fused-ring (bicyclic) bond motifs is 1. The minimum Gasteiger partial charge on any atom is -0.483 e. The molecule has 7 nitrogen and oxygen atoms in total. The van der Waals surface area contributed by atoms with Crippen LogP contribution in [-0.2, 0) is 19.6 Å². The summed E-state index contributed by atoms with van der Waals surface area (Å²) in [5, 5.41) is 4.60. The van der Waals surface area contributed by atoms with Crippen molar-refractivity contribution in [2.24, 2.45) is 0 Å². The van der Waals surface area contributed by atoms with E-state index >= 15 is 0 Å². The van der Waals surface area contributed by atoms with Gasteiger partial charge in [-0.3, -0.25) is 9.59 Å². The van der Waals surface area contributed by atoms with Gasteiger partial charge in [-0.15, -0.1) is 0 Å². The first kappa shape index (κ1) is 22.3. The molecule has 0 spiro atoms. The molecule has 3 aromatic rings. The summed E-state index contributed by atoms with van der Waals surface area (Å²) in [5.41, 5.74) is 0.396. The third-order valence-corrected chi connectivity index (χ3v) is 6.73. The predicted molar refractivity (Wildman–Crippen MR) is 121 cm³/mol. The second-order valence-electron chi connectivity index (χ2n) is 6.27. The first-order chi connectivity index (χ1) is 14.2. The summed E-state index contributed by atoms with van der Waals surface area (Å²) in [6.45, 7) is 0.881. The zero-order valence-corrected chi connectivity index (χ0v) is 19.6. The molecule has 0 aliphatic rings. The fraction of sp³-hybridized carbons (Fsp3) is 0.100. The Morgan fingerprint density at radius 3 is 2.37 bits per heavy atom. The second-order valence-corrected chi connectivity index (χ2v) is 9.66. The van der Waals surface area contributed by atoms with Crippen LogP contribution in [0.1, 0.15) is 6.92 Å². The van der Waals surface area contributed by atoms with Gasteiger partial charge in [0.1, 0.15) is 5.75 Å². The maximum absolute atomic E-state index is 12.2. The molecule has 2 N–H and O–H groups in total. The van der Waals surface area contributed by atoms with E-state index in [2.05, 4.69) is 37.2 Å². The van der Waals surface area contributed by atoms with Crippen molar-refractivity contribution < 1.29 is 22.7 Å². The van der Waals surface area contributed by atoms with E-state index in [-0.39, 0.29) is 11.5 Å². The Morgan fingerprint density at radius 1 is 1.00 bits per heavy atom. The molecular weight excluding hydrogens is 540 g/mol. The minimum absolute atomic E-state index is 0.0846. The Bertz CT molecular complexity index is 1230. The number of anilines is 1. The fourth-order valence-corrected chi connectivity index (χ4v) is 4.64. The second kappa shape index (κ2) is 9.15. The van der Waals surface area contributed by atoms with Crippen molar-refractivity contribution in [2.75, 3.05) is 11.9 Å². The number of ether oxygens (including phenoxy) is 1. The van der Waals surface area contributed by atoms with Crippen molar-refractivity contribution >= 4 is 70.2 Å². The summed E-state index contributed by atoms with van der Waals surface area (Å²) in [6.07, 6.45) is 0. The summed E-state index contributed by atoms with van der Waals surface area (Å²) >= 11 is 6.94. The Kier molecular flexibility index (Phi) is 6.79. The van der Waals surface area contributed by atoms with Gasteiger partial charge in [-0.1, -0.05) is 28.1 Å². The number of carbonyl (C=O) groups excluding carboxylic acids is 2. The van der Waals surface area contributed by atoms with Gasteiger partial charge in [0.05, 0.1) is 9.37 Å². The van der Waals surface area contributed by atoms with Gasteiger partial charge in [0.15, 0.2) is 6.61 Å². The molecule has 3 rings (SSSR count).